The largest absolute Gasteiger partial charge is 0.418 e. The van der Waals surface area contributed by atoms with Gasteiger partial charge in [0.25, 0.3) is 0 Å². The van der Waals surface area contributed by atoms with Crippen LogP contribution in [0.5, 0.6) is 0 Å². The third kappa shape index (κ3) is 3.01. The summed E-state index contributed by atoms with van der Waals surface area (Å²) in [6.45, 7) is 10.3. The maximum Gasteiger partial charge on any atom is 0.418 e. The predicted molar refractivity (Wildman–Crippen MR) is 65.7 cm³/mol. The van der Waals surface area contributed by atoms with Crippen molar-refractivity contribution in [2.45, 2.75) is 45.8 Å². The van der Waals surface area contributed by atoms with E-state index in [9.17, 15) is 0 Å². The average molecular weight is 306 g/mol. The summed E-state index contributed by atoms with van der Waals surface area (Å²) >= 11 is 0. The van der Waals surface area contributed by atoms with Gasteiger partial charge in [-0.1, -0.05) is 6.92 Å². The Morgan fingerprint density at radius 2 is 1.59 bits per heavy atom. The molecule has 1 aromatic rings. The second-order valence-corrected chi connectivity index (χ2v) is 5.39. The van der Waals surface area contributed by atoms with Gasteiger partial charge in [-0.05, 0) is 27.7 Å². The van der Waals surface area contributed by atoms with Gasteiger partial charge in [0.1, 0.15) is 0 Å². The molecule has 1 aliphatic rings. The van der Waals surface area contributed by atoms with E-state index in [4.69, 9.17) is 9.31 Å². The van der Waals surface area contributed by atoms with Crippen LogP contribution in [0.1, 0.15) is 33.3 Å². The molecule has 0 unspecified atom stereocenters. The normalized spacial score (nSPS) is 21.1. The monoisotopic (exact) mass is 306 g/mol. The van der Waals surface area contributed by atoms with Crippen molar-refractivity contribution >= 4 is 12.6 Å². The molecule has 17 heavy (non-hydrogen) atoms. The van der Waals surface area contributed by atoms with Gasteiger partial charge in [0.2, 0.25) is 0 Å². The first kappa shape index (κ1) is 15.4. The van der Waals surface area contributed by atoms with Gasteiger partial charge in [-0.25, -0.2) is 0 Å². The summed E-state index contributed by atoms with van der Waals surface area (Å²) in [6, 6.07) is 9.18. The minimum atomic E-state index is -0.276. The Balaban J connectivity index is 0.00000144. The Kier molecular flexibility index (Phi) is 4.63. The van der Waals surface area contributed by atoms with E-state index in [1.807, 2.05) is 25.1 Å². The molecular weight excluding hydrogens is 288 g/mol. The van der Waals surface area contributed by atoms with Crippen LogP contribution in [0.2, 0.25) is 0 Å². The molecule has 2 rings (SSSR count). The summed E-state index contributed by atoms with van der Waals surface area (Å²) in [5.74, 6) is 0. The zero-order valence-electron chi connectivity index (χ0n) is 11.2. The summed E-state index contributed by atoms with van der Waals surface area (Å²) < 4.78 is 11.9. The molecule has 89 valence electrons. The second kappa shape index (κ2) is 5.13. The predicted octanol–water partition coefficient (Wildman–Crippen LogP) is 2.09. The molecule has 0 saturated carbocycles. The number of aryl methyl sites for hydroxylation is 1. The molecule has 0 spiro atoms. The smallest absolute Gasteiger partial charge is 0.410 e. The van der Waals surface area contributed by atoms with Crippen LogP contribution < -0.4 is 5.46 Å². The SMILES string of the molecule is Cc1[c-]cc(B2OC(C)(C)C(C)(C)O2)cc1.[Y]. The molecule has 1 radical (unpaired) electrons. The first-order chi connectivity index (χ1) is 7.32. The molecule has 0 N–H and O–H groups in total. The Morgan fingerprint density at radius 3 is 2.00 bits per heavy atom. The number of rotatable bonds is 1. The van der Waals surface area contributed by atoms with Crippen LogP contribution in [-0.2, 0) is 42.0 Å². The third-order valence-corrected chi connectivity index (χ3v) is 3.52. The van der Waals surface area contributed by atoms with Crippen molar-refractivity contribution < 1.29 is 42.0 Å². The van der Waals surface area contributed by atoms with Crippen LogP contribution in [0.25, 0.3) is 0 Å². The quantitative estimate of drug-likeness (QED) is 0.584. The van der Waals surface area contributed by atoms with E-state index in [1.165, 1.54) is 0 Å². The van der Waals surface area contributed by atoms with E-state index in [-0.39, 0.29) is 51.0 Å². The zero-order valence-corrected chi connectivity index (χ0v) is 14.0. The van der Waals surface area contributed by atoms with Crippen molar-refractivity contribution in [2.75, 3.05) is 0 Å². The summed E-state index contributed by atoms with van der Waals surface area (Å²) in [4.78, 5) is 0. The van der Waals surface area contributed by atoms with Crippen LogP contribution in [0, 0.1) is 13.0 Å². The summed E-state index contributed by atoms with van der Waals surface area (Å²) in [7, 11) is -0.276. The van der Waals surface area contributed by atoms with Gasteiger partial charge in [0.15, 0.2) is 0 Å². The Hall–Kier alpha value is 0.309. The maximum atomic E-state index is 5.95. The molecule has 0 aromatic heterocycles. The number of hydrogen-bond donors (Lipinski definition) is 0. The molecule has 0 aliphatic carbocycles. The minimum absolute atomic E-state index is 0. The van der Waals surface area contributed by atoms with Gasteiger partial charge in [0, 0.05) is 32.7 Å². The van der Waals surface area contributed by atoms with Crippen LogP contribution >= 0.6 is 0 Å². The van der Waals surface area contributed by atoms with Crippen molar-refractivity contribution in [2.24, 2.45) is 0 Å². The number of hydrogen-bond acceptors (Lipinski definition) is 2. The molecule has 1 heterocycles. The fraction of sp³-hybridized carbons (Fsp3) is 0.538. The topological polar surface area (TPSA) is 18.5 Å². The van der Waals surface area contributed by atoms with E-state index in [2.05, 4.69) is 33.8 Å². The molecule has 0 bridgehead atoms. The molecule has 0 atom stereocenters. The fourth-order valence-electron chi connectivity index (χ4n) is 1.64. The molecule has 1 aromatic carbocycles. The van der Waals surface area contributed by atoms with Gasteiger partial charge in [-0.2, -0.15) is 29.8 Å². The van der Waals surface area contributed by atoms with E-state index in [0.717, 1.165) is 11.0 Å². The maximum absolute atomic E-state index is 5.95. The Morgan fingerprint density at radius 1 is 1.06 bits per heavy atom. The van der Waals surface area contributed by atoms with E-state index in [1.54, 1.807) is 0 Å². The van der Waals surface area contributed by atoms with Crippen molar-refractivity contribution in [1.29, 1.82) is 0 Å². The molecule has 1 fully saturated rings. The van der Waals surface area contributed by atoms with Crippen LogP contribution in [0.3, 0.4) is 0 Å². The van der Waals surface area contributed by atoms with E-state index < -0.39 is 0 Å². The molecular formula is C13H18BO2Y-. The van der Waals surface area contributed by atoms with Crippen molar-refractivity contribution in [3.8, 4) is 0 Å². The first-order valence-corrected chi connectivity index (χ1v) is 5.66. The zero-order chi connectivity index (χ0) is 12.0. The van der Waals surface area contributed by atoms with Gasteiger partial charge in [-0.15, -0.1) is 5.46 Å². The molecule has 1 saturated heterocycles. The van der Waals surface area contributed by atoms with Gasteiger partial charge in [-0.3, -0.25) is 0 Å². The van der Waals surface area contributed by atoms with Crippen molar-refractivity contribution in [3.05, 3.63) is 29.8 Å². The van der Waals surface area contributed by atoms with Crippen LogP contribution in [-0.4, -0.2) is 18.3 Å². The third-order valence-electron chi connectivity index (χ3n) is 3.52. The molecule has 4 heteroatoms. The summed E-state index contributed by atoms with van der Waals surface area (Å²) in [6.07, 6.45) is 0. The fourth-order valence-corrected chi connectivity index (χ4v) is 1.64. The van der Waals surface area contributed by atoms with Crippen molar-refractivity contribution in [1.82, 2.24) is 0 Å². The van der Waals surface area contributed by atoms with Gasteiger partial charge < -0.3 is 9.31 Å². The average Bonchev–Trinajstić information content (AvgIpc) is 2.37. The second-order valence-electron chi connectivity index (χ2n) is 5.39. The minimum Gasteiger partial charge on any atom is -0.410 e. The summed E-state index contributed by atoms with van der Waals surface area (Å²) in [5.41, 5.74) is 1.61. The Labute approximate surface area is 129 Å². The van der Waals surface area contributed by atoms with Crippen LogP contribution in [0.15, 0.2) is 18.2 Å². The van der Waals surface area contributed by atoms with E-state index >= 15 is 0 Å². The molecule has 1 aliphatic heterocycles. The van der Waals surface area contributed by atoms with Gasteiger partial charge in [0.05, 0.1) is 11.2 Å². The summed E-state index contributed by atoms with van der Waals surface area (Å²) in [5, 5.41) is 0. The Bertz CT molecular complexity index is 371. The molecule has 0 amide bonds. The van der Waals surface area contributed by atoms with Crippen LogP contribution in [0.4, 0.5) is 0 Å². The standard InChI is InChI=1S/C13H18BO2.Y/c1-10-6-8-11(9-7-10)14-15-12(2,3)13(4,5)16-14;/h6,8-9H,1-5H3;/q-1;. The molecule has 2 nitrogen and oxygen atoms in total. The number of benzene rings is 1. The van der Waals surface area contributed by atoms with E-state index in [0.29, 0.717) is 0 Å². The van der Waals surface area contributed by atoms with Gasteiger partial charge >= 0.3 is 7.12 Å². The first-order valence-electron chi connectivity index (χ1n) is 5.66. The van der Waals surface area contributed by atoms with Crippen molar-refractivity contribution in [3.63, 3.8) is 0 Å².